The third-order valence-corrected chi connectivity index (χ3v) is 0.945. The van der Waals surface area contributed by atoms with E-state index in [1.807, 2.05) is 6.92 Å². The standard InChI is InChI=1S/C8H13O2/c1-4-5-6-10-8(9)7(2)3/h6H,2,4-5H2,1,3H3. The lowest BCUT2D eigenvalue weighted by atomic mass is 10.3. The summed E-state index contributed by atoms with van der Waals surface area (Å²) in [6.07, 6.45) is 1.79. The molecule has 0 saturated carbocycles. The van der Waals surface area contributed by atoms with Gasteiger partial charge in [-0.1, -0.05) is 19.9 Å². The Morgan fingerprint density at radius 1 is 1.70 bits per heavy atom. The first-order valence-electron chi connectivity index (χ1n) is 3.36. The second kappa shape index (κ2) is 5.03. The molecule has 0 aliphatic rings. The van der Waals surface area contributed by atoms with E-state index in [1.165, 1.54) is 6.61 Å². The minimum atomic E-state index is -0.339. The van der Waals surface area contributed by atoms with Crippen LogP contribution in [0.5, 0.6) is 0 Å². The van der Waals surface area contributed by atoms with Crippen molar-refractivity contribution in [3.8, 4) is 0 Å². The molecule has 0 spiro atoms. The first-order chi connectivity index (χ1) is 4.68. The smallest absolute Gasteiger partial charge is 0.333 e. The van der Waals surface area contributed by atoms with E-state index in [1.54, 1.807) is 6.92 Å². The molecule has 0 amide bonds. The summed E-state index contributed by atoms with van der Waals surface area (Å²) in [5.41, 5.74) is 0.437. The summed E-state index contributed by atoms with van der Waals surface area (Å²) in [5.74, 6) is -0.339. The van der Waals surface area contributed by atoms with E-state index in [9.17, 15) is 4.79 Å². The second-order valence-corrected chi connectivity index (χ2v) is 2.14. The zero-order valence-corrected chi connectivity index (χ0v) is 6.52. The topological polar surface area (TPSA) is 26.3 Å². The molecule has 0 rings (SSSR count). The van der Waals surface area contributed by atoms with E-state index >= 15 is 0 Å². The molecule has 0 unspecified atom stereocenters. The molecule has 0 aromatic rings. The molecule has 0 heterocycles. The maximum Gasteiger partial charge on any atom is 0.333 e. The number of unbranched alkanes of at least 4 members (excludes halogenated alkanes) is 1. The van der Waals surface area contributed by atoms with Gasteiger partial charge in [0.15, 0.2) is 0 Å². The Labute approximate surface area is 61.9 Å². The van der Waals surface area contributed by atoms with Crippen LogP contribution in [0.1, 0.15) is 26.7 Å². The second-order valence-electron chi connectivity index (χ2n) is 2.14. The fourth-order valence-electron chi connectivity index (χ4n) is 0.353. The molecule has 2 heteroatoms. The van der Waals surface area contributed by atoms with Gasteiger partial charge in [-0.3, -0.25) is 0 Å². The fraction of sp³-hybridized carbons (Fsp3) is 0.500. The SMILES string of the molecule is C=C(C)C(=O)O[CH]CCC. The van der Waals surface area contributed by atoms with Gasteiger partial charge in [0.1, 0.15) is 6.61 Å². The van der Waals surface area contributed by atoms with Crippen molar-refractivity contribution < 1.29 is 9.53 Å². The highest BCUT2D eigenvalue weighted by Gasteiger charge is 2.00. The van der Waals surface area contributed by atoms with Crippen LogP contribution < -0.4 is 0 Å². The van der Waals surface area contributed by atoms with Gasteiger partial charge in [0.25, 0.3) is 0 Å². The molecule has 57 valence electrons. The predicted octanol–water partition coefficient (Wildman–Crippen LogP) is 2.07. The monoisotopic (exact) mass is 141 g/mol. The highest BCUT2D eigenvalue weighted by Crippen LogP contribution is 1.98. The van der Waals surface area contributed by atoms with E-state index < -0.39 is 0 Å². The molecular formula is C8H13O2. The van der Waals surface area contributed by atoms with Crippen LogP contribution in [-0.2, 0) is 9.53 Å². The van der Waals surface area contributed by atoms with Crippen LogP contribution in [0.4, 0.5) is 0 Å². The maximum absolute atomic E-state index is 10.7. The van der Waals surface area contributed by atoms with Crippen molar-refractivity contribution in [3.05, 3.63) is 18.8 Å². The molecule has 0 atom stereocenters. The van der Waals surface area contributed by atoms with Crippen LogP contribution in [-0.4, -0.2) is 5.97 Å². The Hall–Kier alpha value is -0.790. The number of carbonyl (C=O) groups excluding carboxylic acids is 1. The van der Waals surface area contributed by atoms with Crippen LogP contribution in [0.25, 0.3) is 0 Å². The van der Waals surface area contributed by atoms with Crippen LogP contribution in [0, 0.1) is 6.61 Å². The summed E-state index contributed by atoms with van der Waals surface area (Å²) in [4.78, 5) is 10.7. The lowest BCUT2D eigenvalue weighted by Crippen LogP contribution is -2.01. The summed E-state index contributed by atoms with van der Waals surface area (Å²) >= 11 is 0. The van der Waals surface area contributed by atoms with Gasteiger partial charge in [-0.15, -0.1) is 0 Å². The lowest BCUT2D eigenvalue weighted by Gasteiger charge is -2.00. The van der Waals surface area contributed by atoms with Gasteiger partial charge in [-0.25, -0.2) is 4.79 Å². The molecule has 0 aromatic heterocycles. The summed E-state index contributed by atoms with van der Waals surface area (Å²) in [5, 5.41) is 0. The molecular weight excluding hydrogens is 128 g/mol. The molecule has 0 aliphatic carbocycles. The summed E-state index contributed by atoms with van der Waals surface area (Å²) in [6, 6.07) is 0. The van der Waals surface area contributed by atoms with Crippen molar-refractivity contribution >= 4 is 5.97 Å². The Morgan fingerprint density at radius 3 is 2.70 bits per heavy atom. The van der Waals surface area contributed by atoms with E-state index in [0.717, 1.165) is 12.8 Å². The van der Waals surface area contributed by atoms with Gasteiger partial charge in [0.2, 0.25) is 0 Å². The van der Waals surface area contributed by atoms with Crippen LogP contribution in [0.15, 0.2) is 12.2 Å². The molecule has 1 radical (unpaired) electrons. The van der Waals surface area contributed by atoms with Crippen molar-refractivity contribution in [2.24, 2.45) is 0 Å². The quantitative estimate of drug-likeness (QED) is 0.340. The Kier molecular flexibility index (Phi) is 4.63. The molecule has 0 aromatic carbocycles. The zero-order valence-electron chi connectivity index (χ0n) is 6.52. The minimum absolute atomic E-state index is 0.339. The summed E-state index contributed by atoms with van der Waals surface area (Å²) in [7, 11) is 0. The number of ether oxygens (including phenoxy) is 1. The number of rotatable bonds is 4. The van der Waals surface area contributed by atoms with Crippen molar-refractivity contribution in [3.63, 3.8) is 0 Å². The third-order valence-electron chi connectivity index (χ3n) is 0.945. The largest absolute Gasteiger partial charge is 0.455 e. The summed E-state index contributed by atoms with van der Waals surface area (Å²) in [6.45, 7) is 8.60. The lowest BCUT2D eigenvalue weighted by molar-refractivity contribution is -0.135. The molecule has 0 saturated heterocycles. The Balaban J connectivity index is 3.31. The predicted molar refractivity (Wildman–Crippen MR) is 40.1 cm³/mol. The molecule has 10 heavy (non-hydrogen) atoms. The molecule has 0 bridgehead atoms. The number of hydrogen-bond donors (Lipinski definition) is 0. The van der Waals surface area contributed by atoms with Gasteiger partial charge in [0.05, 0.1) is 0 Å². The van der Waals surface area contributed by atoms with Crippen molar-refractivity contribution in [2.45, 2.75) is 26.7 Å². The highest BCUT2D eigenvalue weighted by atomic mass is 16.5. The third kappa shape index (κ3) is 4.13. The van der Waals surface area contributed by atoms with E-state index in [4.69, 9.17) is 0 Å². The Bertz CT molecular complexity index is 127. The van der Waals surface area contributed by atoms with Gasteiger partial charge >= 0.3 is 5.97 Å². The first-order valence-corrected chi connectivity index (χ1v) is 3.36. The van der Waals surface area contributed by atoms with E-state index in [-0.39, 0.29) is 5.97 Å². The van der Waals surface area contributed by atoms with Gasteiger partial charge in [-0.05, 0) is 13.3 Å². The number of hydrogen-bond acceptors (Lipinski definition) is 2. The van der Waals surface area contributed by atoms with Gasteiger partial charge in [0, 0.05) is 5.57 Å². The normalized spacial score (nSPS) is 9.00. The molecule has 2 nitrogen and oxygen atoms in total. The van der Waals surface area contributed by atoms with E-state index in [2.05, 4.69) is 11.3 Å². The Morgan fingerprint density at radius 2 is 2.30 bits per heavy atom. The average Bonchev–Trinajstić information content (AvgIpc) is 1.88. The van der Waals surface area contributed by atoms with Crippen molar-refractivity contribution in [1.29, 1.82) is 0 Å². The van der Waals surface area contributed by atoms with Gasteiger partial charge < -0.3 is 4.74 Å². The molecule has 0 aliphatic heterocycles. The van der Waals surface area contributed by atoms with Crippen LogP contribution >= 0.6 is 0 Å². The molecule has 0 fully saturated rings. The number of carbonyl (C=O) groups is 1. The van der Waals surface area contributed by atoms with E-state index in [0.29, 0.717) is 5.57 Å². The van der Waals surface area contributed by atoms with Gasteiger partial charge in [-0.2, -0.15) is 0 Å². The number of esters is 1. The van der Waals surface area contributed by atoms with Crippen molar-refractivity contribution in [2.75, 3.05) is 0 Å². The maximum atomic E-state index is 10.7. The average molecular weight is 141 g/mol. The van der Waals surface area contributed by atoms with Crippen LogP contribution in [0.2, 0.25) is 0 Å². The van der Waals surface area contributed by atoms with Crippen molar-refractivity contribution in [1.82, 2.24) is 0 Å². The minimum Gasteiger partial charge on any atom is -0.455 e. The highest BCUT2D eigenvalue weighted by molar-refractivity contribution is 5.87. The first kappa shape index (κ1) is 9.21. The summed E-state index contributed by atoms with van der Waals surface area (Å²) < 4.78 is 4.68. The van der Waals surface area contributed by atoms with Crippen LogP contribution in [0.3, 0.4) is 0 Å². The zero-order chi connectivity index (χ0) is 7.98. The fourth-order valence-corrected chi connectivity index (χ4v) is 0.353. The molecule has 0 N–H and O–H groups in total.